The maximum absolute atomic E-state index is 13.3. The average molecular weight is 430 g/mol. The first-order valence-corrected chi connectivity index (χ1v) is 10.2. The molecule has 2 heterocycles. The number of benzene rings is 1. The Morgan fingerprint density at radius 2 is 1.73 bits per heavy atom. The van der Waals surface area contributed by atoms with Crippen molar-refractivity contribution in [2.45, 2.75) is 11.3 Å². The number of amides is 2. The van der Waals surface area contributed by atoms with E-state index in [1.165, 1.54) is 39.7 Å². The highest BCUT2D eigenvalue weighted by molar-refractivity contribution is 7.93. The number of nitrogens with zero attached hydrogens (tertiary/aromatic N) is 2. The third kappa shape index (κ3) is 4.38. The summed E-state index contributed by atoms with van der Waals surface area (Å²) in [6.45, 7) is 0.185. The van der Waals surface area contributed by atoms with Crippen LogP contribution < -0.4 is 15.3 Å². The molecule has 1 aromatic heterocycles. The molecular formula is C19H18N4O6S. The summed E-state index contributed by atoms with van der Waals surface area (Å²) in [5.74, 6) is -1.20. The molecule has 0 saturated heterocycles. The summed E-state index contributed by atoms with van der Waals surface area (Å²) in [7, 11) is -3.97. The van der Waals surface area contributed by atoms with Gasteiger partial charge in [0.05, 0.1) is 4.90 Å². The molecular weight excluding hydrogens is 412 g/mol. The third-order valence-electron chi connectivity index (χ3n) is 4.33. The fourth-order valence-electron chi connectivity index (χ4n) is 2.97. The zero-order valence-electron chi connectivity index (χ0n) is 15.5. The molecule has 10 nitrogen and oxygen atoms in total. The number of hydroxylamine groups is 2. The zero-order chi connectivity index (χ0) is 21.7. The summed E-state index contributed by atoms with van der Waals surface area (Å²) < 4.78 is 27.7. The van der Waals surface area contributed by atoms with Crippen LogP contribution in [-0.4, -0.2) is 42.2 Å². The predicted octanol–water partition coefficient (Wildman–Crippen LogP) is 0.870. The highest BCUT2D eigenvalue weighted by Crippen LogP contribution is 2.33. The Balaban J connectivity index is 1.94. The lowest BCUT2D eigenvalue weighted by atomic mass is 10.1. The van der Waals surface area contributed by atoms with Gasteiger partial charge < -0.3 is 0 Å². The molecule has 0 spiro atoms. The number of pyridine rings is 1. The predicted molar refractivity (Wildman–Crippen MR) is 107 cm³/mol. The van der Waals surface area contributed by atoms with Gasteiger partial charge in [0.25, 0.3) is 21.8 Å². The largest absolute Gasteiger partial charge is 0.288 e. The molecule has 2 aromatic rings. The molecule has 0 bridgehead atoms. The fraction of sp³-hybridized carbons (Fsp3) is 0.105. The van der Waals surface area contributed by atoms with Gasteiger partial charge in [0, 0.05) is 24.9 Å². The van der Waals surface area contributed by atoms with Gasteiger partial charge in [0.1, 0.15) is 5.82 Å². The topological polar surface area (TPSA) is 149 Å². The maximum Gasteiger partial charge on any atom is 0.267 e. The molecule has 0 fully saturated rings. The molecule has 0 saturated carbocycles. The van der Waals surface area contributed by atoms with E-state index in [1.807, 2.05) is 0 Å². The number of sulfonamides is 1. The summed E-state index contributed by atoms with van der Waals surface area (Å²) in [5, 5.41) is 17.1. The van der Waals surface area contributed by atoms with Gasteiger partial charge in [-0.2, -0.15) is 0 Å². The SMILES string of the molecule is O=C(/C=C/c1cnc2c(c1)CCN2S(=O)(=O)c1ccccc1/C=C/C(=O)NO)NO. The van der Waals surface area contributed by atoms with E-state index >= 15 is 0 Å². The van der Waals surface area contributed by atoms with Crippen LogP contribution in [0.4, 0.5) is 5.82 Å². The van der Waals surface area contributed by atoms with E-state index in [0.717, 1.165) is 12.2 Å². The van der Waals surface area contributed by atoms with Gasteiger partial charge in [0.15, 0.2) is 0 Å². The zero-order valence-corrected chi connectivity index (χ0v) is 16.3. The van der Waals surface area contributed by atoms with Gasteiger partial charge in [-0.05, 0) is 47.4 Å². The quantitative estimate of drug-likeness (QED) is 0.302. The van der Waals surface area contributed by atoms with Crippen LogP contribution in [0.2, 0.25) is 0 Å². The number of anilines is 1. The molecule has 0 aliphatic carbocycles. The van der Waals surface area contributed by atoms with E-state index in [2.05, 4.69) is 4.98 Å². The van der Waals surface area contributed by atoms with Gasteiger partial charge in [-0.1, -0.05) is 18.2 Å². The van der Waals surface area contributed by atoms with Gasteiger partial charge in [-0.3, -0.25) is 20.0 Å². The van der Waals surface area contributed by atoms with Crippen LogP contribution in [0.25, 0.3) is 12.2 Å². The van der Waals surface area contributed by atoms with Crippen molar-refractivity contribution in [2.24, 2.45) is 0 Å². The molecule has 0 unspecified atom stereocenters. The van der Waals surface area contributed by atoms with Crippen LogP contribution in [0.5, 0.6) is 0 Å². The van der Waals surface area contributed by atoms with E-state index in [4.69, 9.17) is 10.4 Å². The van der Waals surface area contributed by atoms with Crippen molar-refractivity contribution in [1.29, 1.82) is 0 Å². The van der Waals surface area contributed by atoms with Gasteiger partial charge in [0.2, 0.25) is 0 Å². The van der Waals surface area contributed by atoms with E-state index in [1.54, 1.807) is 24.3 Å². The van der Waals surface area contributed by atoms with Crippen LogP contribution in [0, 0.1) is 0 Å². The van der Waals surface area contributed by atoms with Crippen LogP contribution in [0.15, 0.2) is 53.6 Å². The first-order chi connectivity index (χ1) is 14.4. The lowest BCUT2D eigenvalue weighted by Gasteiger charge is -2.20. The summed E-state index contributed by atoms with van der Waals surface area (Å²) >= 11 is 0. The number of nitrogens with one attached hydrogen (secondary N) is 2. The first kappa shape index (κ1) is 21.2. The van der Waals surface area contributed by atoms with E-state index in [9.17, 15) is 18.0 Å². The van der Waals surface area contributed by atoms with Crippen molar-refractivity contribution in [3.05, 3.63) is 65.4 Å². The maximum atomic E-state index is 13.3. The second kappa shape index (κ2) is 8.86. The number of rotatable bonds is 6. The van der Waals surface area contributed by atoms with E-state index < -0.39 is 21.8 Å². The van der Waals surface area contributed by atoms with Crippen molar-refractivity contribution in [2.75, 3.05) is 10.8 Å². The number of fused-ring (bicyclic) bond motifs is 1. The molecule has 0 radical (unpaired) electrons. The minimum atomic E-state index is -3.97. The molecule has 0 atom stereocenters. The Labute approximate surface area is 172 Å². The number of carbonyl (C=O) groups excluding carboxylic acids is 2. The monoisotopic (exact) mass is 430 g/mol. The van der Waals surface area contributed by atoms with Gasteiger partial charge >= 0.3 is 0 Å². The number of hydrogen-bond donors (Lipinski definition) is 4. The lowest BCUT2D eigenvalue weighted by Crippen LogP contribution is -2.30. The molecule has 4 N–H and O–H groups in total. The van der Waals surface area contributed by atoms with Crippen molar-refractivity contribution in [3.8, 4) is 0 Å². The Bertz CT molecular complexity index is 1140. The summed E-state index contributed by atoms with van der Waals surface area (Å²) in [6.07, 6.45) is 6.74. The molecule has 2 amide bonds. The molecule has 1 aliphatic rings. The van der Waals surface area contributed by atoms with Crippen molar-refractivity contribution < 1.29 is 28.4 Å². The van der Waals surface area contributed by atoms with Crippen LogP contribution >= 0.6 is 0 Å². The number of carbonyl (C=O) groups is 2. The van der Waals surface area contributed by atoms with Crippen LogP contribution in [0.3, 0.4) is 0 Å². The Morgan fingerprint density at radius 3 is 2.43 bits per heavy atom. The van der Waals surface area contributed by atoms with Crippen molar-refractivity contribution >= 4 is 39.8 Å². The molecule has 30 heavy (non-hydrogen) atoms. The fourth-order valence-corrected chi connectivity index (χ4v) is 4.61. The van der Waals surface area contributed by atoms with Gasteiger partial charge in [-0.15, -0.1) is 0 Å². The van der Waals surface area contributed by atoms with Crippen LogP contribution in [0.1, 0.15) is 16.7 Å². The minimum Gasteiger partial charge on any atom is -0.288 e. The molecule has 11 heteroatoms. The second-order valence-corrected chi connectivity index (χ2v) is 8.07. The summed E-state index contributed by atoms with van der Waals surface area (Å²) in [4.78, 5) is 26.6. The number of aromatic nitrogens is 1. The average Bonchev–Trinajstić information content (AvgIpc) is 3.20. The van der Waals surface area contributed by atoms with Crippen molar-refractivity contribution in [1.82, 2.24) is 15.9 Å². The van der Waals surface area contributed by atoms with E-state index in [0.29, 0.717) is 17.5 Å². The molecule has 1 aliphatic heterocycles. The highest BCUT2D eigenvalue weighted by atomic mass is 32.2. The first-order valence-electron chi connectivity index (χ1n) is 8.72. The Hall–Kier alpha value is -3.54. The number of hydrogen-bond acceptors (Lipinski definition) is 7. The highest BCUT2D eigenvalue weighted by Gasteiger charge is 2.33. The van der Waals surface area contributed by atoms with Crippen LogP contribution in [-0.2, 0) is 26.0 Å². The lowest BCUT2D eigenvalue weighted by molar-refractivity contribution is -0.124. The van der Waals surface area contributed by atoms with E-state index in [-0.39, 0.29) is 22.8 Å². The second-order valence-electron chi connectivity index (χ2n) is 6.24. The minimum absolute atomic E-state index is 0.00905. The van der Waals surface area contributed by atoms with Gasteiger partial charge in [-0.25, -0.2) is 28.7 Å². The summed E-state index contributed by atoms with van der Waals surface area (Å²) in [5.41, 5.74) is 4.48. The smallest absolute Gasteiger partial charge is 0.267 e. The normalized spacial score (nSPS) is 13.6. The molecule has 1 aromatic carbocycles. The standard InChI is InChI=1S/C19H18N4O6S/c24-17(21-26)7-5-13-11-15-9-10-23(19(15)20-12-13)30(28,29)16-4-2-1-3-14(16)6-8-18(25)22-27/h1-8,11-12,26-27H,9-10H2,(H,21,24)(H,22,25)/b7-5+,8-6+. The summed E-state index contributed by atoms with van der Waals surface area (Å²) in [6, 6.07) is 7.89. The Kier molecular flexibility index (Phi) is 6.26. The molecule has 3 rings (SSSR count). The molecule has 156 valence electrons. The van der Waals surface area contributed by atoms with Crippen molar-refractivity contribution in [3.63, 3.8) is 0 Å². The Morgan fingerprint density at radius 1 is 1.07 bits per heavy atom. The third-order valence-corrected chi connectivity index (χ3v) is 6.20.